The number of nitrogens with two attached hydrogens (primary N) is 1. The molecule has 0 spiro atoms. The van der Waals surface area contributed by atoms with Crippen LogP contribution in [0.4, 0.5) is 10.2 Å². The number of aromatic nitrogens is 3. The van der Waals surface area contributed by atoms with Gasteiger partial charge in [-0.05, 0) is 38.2 Å². The number of nitrogens with one attached hydrogen (secondary N) is 1. The zero-order chi connectivity index (χ0) is 22.7. The normalized spacial score (nSPS) is 11.3. The zero-order valence-corrected chi connectivity index (χ0v) is 18.4. The molecule has 1 aromatic carbocycles. The number of halogens is 2. The summed E-state index contributed by atoms with van der Waals surface area (Å²) in [6.45, 7) is 2.01. The van der Waals surface area contributed by atoms with Crippen LogP contribution >= 0.6 is 12.4 Å². The highest BCUT2D eigenvalue weighted by Gasteiger charge is 2.22. The Labute approximate surface area is 190 Å². The lowest BCUT2D eigenvalue weighted by molar-refractivity contribution is 0.0691. The second kappa shape index (κ2) is 10.1. The van der Waals surface area contributed by atoms with Crippen LogP contribution in [-0.2, 0) is 13.6 Å². The molecule has 11 heteroatoms. The molecule has 1 unspecified atom stereocenters. The first-order valence-corrected chi connectivity index (χ1v) is 9.32. The molecular weight excluding hydrogens is 439 g/mol. The molecule has 3 rings (SSSR count). The molecule has 0 aliphatic rings. The third-order valence-electron chi connectivity index (χ3n) is 4.73. The van der Waals surface area contributed by atoms with Gasteiger partial charge in [-0.25, -0.2) is 14.2 Å². The number of pyridine rings is 1. The number of rotatable bonds is 7. The summed E-state index contributed by atoms with van der Waals surface area (Å²) in [5, 5.41) is 26.4. The molecule has 1 atom stereocenters. The minimum Gasteiger partial charge on any atom is -0.482 e. The van der Waals surface area contributed by atoms with Crippen LogP contribution in [0.3, 0.4) is 0 Å². The molecule has 3 aromatic rings. The SMILES string of the molecule is CNCc1nn(C)c(C#N)c1-c1cnc(N)c(OC(C)c2cc(F)ccc2C(=O)O)c1.Cl. The first-order chi connectivity index (χ1) is 14.8. The Morgan fingerprint density at radius 1 is 1.44 bits per heavy atom. The molecule has 4 N–H and O–H groups in total. The van der Waals surface area contributed by atoms with Gasteiger partial charge in [0.2, 0.25) is 0 Å². The van der Waals surface area contributed by atoms with Crippen molar-refractivity contribution in [2.45, 2.75) is 19.6 Å². The van der Waals surface area contributed by atoms with Crippen LogP contribution in [0.5, 0.6) is 5.75 Å². The van der Waals surface area contributed by atoms with E-state index in [2.05, 4.69) is 21.5 Å². The predicted octanol–water partition coefficient (Wildman–Crippen LogP) is 3.05. The van der Waals surface area contributed by atoms with Gasteiger partial charge in [-0.2, -0.15) is 10.4 Å². The van der Waals surface area contributed by atoms with E-state index in [-0.39, 0.29) is 35.1 Å². The van der Waals surface area contributed by atoms with Crippen molar-refractivity contribution in [1.29, 1.82) is 5.26 Å². The number of nitriles is 1. The van der Waals surface area contributed by atoms with Crippen molar-refractivity contribution in [3.63, 3.8) is 0 Å². The van der Waals surface area contributed by atoms with E-state index in [4.69, 9.17) is 10.5 Å². The summed E-state index contributed by atoms with van der Waals surface area (Å²) < 4.78 is 21.1. The van der Waals surface area contributed by atoms with Crippen LogP contribution < -0.4 is 15.8 Å². The number of nitrogens with zero attached hydrogens (tertiary/aromatic N) is 4. The Morgan fingerprint density at radius 2 is 2.16 bits per heavy atom. The average molecular weight is 461 g/mol. The van der Waals surface area contributed by atoms with Crippen LogP contribution in [0.1, 0.15) is 40.3 Å². The third kappa shape index (κ3) is 4.80. The monoisotopic (exact) mass is 460 g/mol. The molecule has 0 aliphatic heterocycles. The molecule has 2 heterocycles. The molecule has 2 aromatic heterocycles. The molecule has 9 nitrogen and oxygen atoms in total. The van der Waals surface area contributed by atoms with Crippen LogP contribution in [0.2, 0.25) is 0 Å². The second-order valence-corrected chi connectivity index (χ2v) is 6.84. The number of nitrogen functional groups attached to an aromatic ring is 1. The molecule has 0 fully saturated rings. The van der Waals surface area contributed by atoms with Gasteiger partial charge < -0.3 is 20.9 Å². The highest BCUT2D eigenvalue weighted by molar-refractivity contribution is 5.89. The predicted molar refractivity (Wildman–Crippen MR) is 118 cm³/mol. The summed E-state index contributed by atoms with van der Waals surface area (Å²) in [6.07, 6.45) is 0.677. The zero-order valence-electron chi connectivity index (χ0n) is 17.6. The van der Waals surface area contributed by atoms with E-state index in [1.165, 1.54) is 16.9 Å². The highest BCUT2D eigenvalue weighted by Crippen LogP contribution is 2.34. The Hall–Kier alpha value is -3.68. The van der Waals surface area contributed by atoms with Crippen molar-refractivity contribution in [3.05, 3.63) is 58.8 Å². The molecule has 0 aliphatic carbocycles. The van der Waals surface area contributed by atoms with Gasteiger partial charge in [0.15, 0.2) is 11.6 Å². The molecule has 0 saturated carbocycles. The summed E-state index contributed by atoms with van der Waals surface area (Å²) in [5.41, 5.74) is 8.18. The number of aromatic carboxylic acids is 1. The van der Waals surface area contributed by atoms with Gasteiger partial charge in [-0.1, -0.05) is 0 Å². The number of benzene rings is 1. The van der Waals surface area contributed by atoms with Crippen LogP contribution in [0.25, 0.3) is 11.1 Å². The summed E-state index contributed by atoms with van der Waals surface area (Å²) in [7, 11) is 3.43. The van der Waals surface area contributed by atoms with E-state index in [9.17, 15) is 19.6 Å². The standard InChI is InChI=1S/C21H21FN6O3.ClH/c1-11(15-7-13(22)4-5-14(15)21(29)30)31-18-6-12(9-26-20(18)24)19-16(10-25-2)27-28(3)17(19)8-23;/h4-7,9,11,25H,10H2,1-3H3,(H2,24,26)(H,29,30);1H. The van der Waals surface area contributed by atoms with E-state index in [0.717, 1.165) is 12.1 Å². The molecular formula is C21H22ClFN6O3. The number of hydrogen-bond acceptors (Lipinski definition) is 7. The number of aryl methyl sites for hydroxylation is 1. The molecule has 32 heavy (non-hydrogen) atoms. The molecule has 0 saturated heterocycles. The largest absolute Gasteiger partial charge is 0.482 e. The number of carbonyl (C=O) groups is 1. The van der Waals surface area contributed by atoms with Crippen LogP contribution in [0.15, 0.2) is 30.5 Å². The number of ether oxygens (including phenoxy) is 1. The minimum atomic E-state index is -1.20. The Morgan fingerprint density at radius 3 is 2.78 bits per heavy atom. The van der Waals surface area contributed by atoms with Gasteiger partial charge in [-0.15, -0.1) is 12.4 Å². The summed E-state index contributed by atoms with van der Waals surface area (Å²) in [6, 6.07) is 7.11. The first kappa shape index (κ1) is 24.6. The fourth-order valence-electron chi connectivity index (χ4n) is 3.31. The highest BCUT2D eigenvalue weighted by atomic mass is 35.5. The van der Waals surface area contributed by atoms with Gasteiger partial charge >= 0.3 is 5.97 Å². The lowest BCUT2D eigenvalue weighted by Crippen LogP contribution is -2.12. The van der Waals surface area contributed by atoms with Crippen molar-refractivity contribution >= 4 is 24.2 Å². The van der Waals surface area contributed by atoms with Crippen LogP contribution in [0, 0.1) is 17.1 Å². The maximum Gasteiger partial charge on any atom is 0.336 e. The summed E-state index contributed by atoms with van der Waals surface area (Å²) >= 11 is 0. The number of carboxylic acid groups (broad SMARTS) is 1. The van der Waals surface area contributed by atoms with Gasteiger partial charge in [0.25, 0.3) is 0 Å². The van der Waals surface area contributed by atoms with Gasteiger partial charge in [0.05, 0.1) is 11.3 Å². The summed E-state index contributed by atoms with van der Waals surface area (Å²) in [5.74, 6) is -1.53. The van der Waals surface area contributed by atoms with Gasteiger partial charge in [-0.3, -0.25) is 4.68 Å². The van der Waals surface area contributed by atoms with E-state index in [1.54, 1.807) is 27.1 Å². The average Bonchev–Trinajstić information content (AvgIpc) is 3.04. The fraction of sp³-hybridized carbons (Fsp3) is 0.238. The van der Waals surface area contributed by atoms with Crippen molar-refractivity contribution in [1.82, 2.24) is 20.1 Å². The van der Waals surface area contributed by atoms with E-state index in [1.807, 2.05) is 0 Å². The van der Waals surface area contributed by atoms with E-state index < -0.39 is 17.9 Å². The first-order valence-electron chi connectivity index (χ1n) is 9.32. The van der Waals surface area contributed by atoms with Crippen molar-refractivity contribution in [3.8, 4) is 22.9 Å². The quantitative estimate of drug-likeness (QED) is 0.488. The lowest BCUT2D eigenvalue weighted by atomic mass is 10.0. The van der Waals surface area contributed by atoms with Gasteiger partial charge in [0.1, 0.15) is 23.7 Å². The Bertz CT molecular complexity index is 1190. The minimum absolute atomic E-state index is 0. The number of anilines is 1. The molecule has 168 valence electrons. The lowest BCUT2D eigenvalue weighted by Gasteiger charge is -2.18. The Kier molecular flexibility index (Phi) is 7.75. The van der Waals surface area contributed by atoms with Gasteiger partial charge in [0, 0.05) is 36.5 Å². The number of carboxylic acids is 1. The van der Waals surface area contributed by atoms with Crippen molar-refractivity contribution in [2.24, 2.45) is 7.05 Å². The maximum atomic E-state index is 13.7. The molecule has 0 amide bonds. The van der Waals surface area contributed by atoms with Crippen LogP contribution in [-0.4, -0.2) is 32.9 Å². The van der Waals surface area contributed by atoms with Crippen molar-refractivity contribution < 1.29 is 19.0 Å². The summed E-state index contributed by atoms with van der Waals surface area (Å²) in [4.78, 5) is 15.7. The second-order valence-electron chi connectivity index (χ2n) is 6.84. The number of hydrogen-bond donors (Lipinski definition) is 3. The maximum absolute atomic E-state index is 13.7. The third-order valence-corrected chi connectivity index (χ3v) is 4.73. The molecule has 0 bridgehead atoms. The van der Waals surface area contributed by atoms with E-state index >= 15 is 0 Å². The van der Waals surface area contributed by atoms with E-state index in [0.29, 0.717) is 29.1 Å². The topological polar surface area (TPSA) is 139 Å². The Balaban J connectivity index is 0.00000363. The fourth-order valence-corrected chi connectivity index (χ4v) is 3.31. The molecule has 0 radical (unpaired) electrons. The van der Waals surface area contributed by atoms with Crippen molar-refractivity contribution in [2.75, 3.05) is 12.8 Å². The smallest absolute Gasteiger partial charge is 0.336 e.